The summed E-state index contributed by atoms with van der Waals surface area (Å²) in [5.41, 5.74) is 0. The minimum absolute atomic E-state index is 0.0650. The number of nitrogens with zero attached hydrogens (tertiary/aromatic N) is 2. The molecule has 1 atom stereocenters. The van der Waals surface area contributed by atoms with Crippen molar-refractivity contribution in [1.82, 2.24) is 14.6 Å². The van der Waals surface area contributed by atoms with Crippen LogP contribution >= 0.6 is 22.9 Å². The standard InChI is InChI=1S/C9H10ClN3O4S2/c1-13-6(14)3-2-5(8(13)15)12-19(16,17)7-4-11-9(10)18-7/h4-5,12H,2-3H2,1H3. The molecule has 0 aromatic carbocycles. The van der Waals surface area contributed by atoms with Crippen molar-refractivity contribution in [2.75, 3.05) is 7.05 Å². The van der Waals surface area contributed by atoms with Crippen LogP contribution in [0.2, 0.25) is 4.47 Å². The highest BCUT2D eigenvalue weighted by Gasteiger charge is 2.35. The predicted molar refractivity (Wildman–Crippen MR) is 68.2 cm³/mol. The van der Waals surface area contributed by atoms with Crippen LogP contribution in [0.5, 0.6) is 0 Å². The molecule has 1 unspecified atom stereocenters. The van der Waals surface area contributed by atoms with E-state index in [2.05, 4.69) is 9.71 Å². The molecule has 10 heteroatoms. The third-order valence-electron chi connectivity index (χ3n) is 2.67. The van der Waals surface area contributed by atoms with Crippen molar-refractivity contribution < 1.29 is 18.0 Å². The number of aromatic nitrogens is 1. The summed E-state index contributed by atoms with van der Waals surface area (Å²) < 4.78 is 26.3. The third kappa shape index (κ3) is 2.94. The lowest BCUT2D eigenvalue weighted by Crippen LogP contribution is -2.52. The number of hydrogen-bond donors (Lipinski definition) is 1. The van der Waals surface area contributed by atoms with Crippen molar-refractivity contribution >= 4 is 44.8 Å². The summed E-state index contributed by atoms with van der Waals surface area (Å²) in [5, 5.41) is 0. The van der Waals surface area contributed by atoms with Gasteiger partial charge in [-0.15, -0.1) is 0 Å². The molecule has 19 heavy (non-hydrogen) atoms. The van der Waals surface area contributed by atoms with Crippen LogP contribution in [0.3, 0.4) is 0 Å². The smallest absolute Gasteiger partial charge is 0.252 e. The van der Waals surface area contributed by atoms with Gasteiger partial charge in [-0.2, -0.15) is 4.72 Å². The summed E-state index contributed by atoms with van der Waals surface area (Å²) in [4.78, 5) is 27.6. The van der Waals surface area contributed by atoms with E-state index in [1.807, 2.05) is 0 Å². The normalized spacial score (nSPS) is 20.9. The molecule has 104 valence electrons. The third-order valence-corrected chi connectivity index (χ3v) is 5.72. The molecule has 2 rings (SSSR count). The molecule has 0 aliphatic carbocycles. The number of rotatable bonds is 3. The molecular formula is C9H10ClN3O4S2. The lowest BCUT2D eigenvalue weighted by Gasteiger charge is -2.27. The molecule has 1 aliphatic heterocycles. The Hall–Kier alpha value is -1.03. The van der Waals surface area contributed by atoms with Crippen molar-refractivity contribution in [3.05, 3.63) is 10.7 Å². The molecule has 0 spiro atoms. The number of sulfonamides is 1. The SMILES string of the molecule is CN1C(=O)CCC(NS(=O)(=O)c2cnc(Cl)s2)C1=O. The van der Waals surface area contributed by atoms with E-state index in [1.165, 1.54) is 7.05 Å². The number of likely N-dealkylation sites (N-methyl/N-ethyl adjacent to an activating group) is 1. The minimum atomic E-state index is -3.85. The summed E-state index contributed by atoms with van der Waals surface area (Å²) in [6.07, 6.45) is 1.39. The topological polar surface area (TPSA) is 96.4 Å². The van der Waals surface area contributed by atoms with Gasteiger partial charge in [-0.25, -0.2) is 13.4 Å². The average molecular weight is 324 g/mol. The zero-order valence-corrected chi connectivity index (χ0v) is 12.2. The van der Waals surface area contributed by atoms with Gasteiger partial charge in [0.15, 0.2) is 8.68 Å². The lowest BCUT2D eigenvalue weighted by molar-refractivity contribution is -0.147. The number of piperidine rings is 1. The van der Waals surface area contributed by atoms with Crippen molar-refractivity contribution in [2.45, 2.75) is 23.1 Å². The second-order valence-corrected chi connectivity index (χ2v) is 7.49. The fourth-order valence-electron chi connectivity index (χ4n) is 1.63. The van der Waals surface area contributed by atoms with Crippen LogP contribution in [0.4, 0.5) is 0 Å². The van der Waals surface area contributed by atoms with Crippen LogP contribution in [-0.4, -0.2) is 43.2 Å². The lowest BCUT2D eigenvalue weighted by atomic mass is 10.1. The Kier molecular flexibility index (Phi) is 3.90. The number of carbonyl (C=O) groups excluding carboxylic acids is 2. The maximum atomic E-state index is 12.0. The monoisotopic (exact) mass is 323 g/mol. The zero-order chi connectivity index (χ0) is 14.2. The fourth-order valence-corrected chi connectivity index (χ4v) is 4.17. The van der Waals surface area contributed by atoms with E-state index in [1.54, 1.807) is 0 Å². The van der Waals surface area contributed by atoms with Gasteiger partial charge in [-0.1, -0.05) is 22.9 Å². The van der Waals surface area contributed by atoms with E-state index in [0.29, 0.717) is 0 Å². The molecule has 0 bridgehead atoms. The second kappa shape index (κ2) is 5.16. The summed E-state index contributed by atoms with van der Waals surface area (Å²) in [7, 11) is -2.52. The summed E-state index contributed by atoms with van der Waals surface area (Å²) in [6, 6.07) is -0.937. The van der Waals surface area contributed by atoms with Gasteiger partial charge in [0.25, 0.3) is 10.0 Å². The maximum absolute atomic E-state index is 12.0. The first-order chi connectivity index (χ1) is 8.81. The largest absolute Gasteiger partial charge is 0.284 e. The van der Waals surface area contributed by atoms with E-state index in [0.717, 1.165) is 22.4 Å². The van der Waals surface area contributed by atoms with Gasteiger partial charge >= 0.3 is 0 Å². The Morgan fingerprint density at radius 2 is 2.21 bits per heavy atom. The predicted octanol–water partition coefficient (Wildman–Crippen LogP) is 0.222. The molecule has 1 aromatic heterocycles. The number of imide groups is 1. The van der Waals surface area contributed by atoms with Crippen molar-refractivity contribution in [3.8, 4) is 0 Å². The zero-order valence-electron chi connectivity index (χ0n) is 9.79. The molecule has 1 aromatic rings. The number of nitrogens with one attached hydrogen (secondary N) is 1. The Balaban J connectivity index is 2.17. The second-order valence-electron chi connectivity index (χ2n) is 3.94. The Bertz CT molecular complexity index is 627. The molecule has 7 nitrogen and oxygen atoms in total. The number of halogens is 1. The summed E-state index contributed by atoms with van der Waals surface area (Å²) >= 11 is 6.37. The highest BCUT2D eigenvalue weighted by atomic mass is 35.5. The van der Waals surface area contributed by atoms with E-state index in [-0.39, 0.29) is 27.4 Å². The van der Waals surface area contributed by atoms with Crippen LogP contribution < -0.4 is 4.72 Å². The highest BCUT2D eigenvalue weighted by Crippen LogP contribution is 2.23. The quantitative estimate of drug-likeness (QED) is 0.803. The van der Waals surface area contributed by atoms with E-state index >= 15 is 0 Å². The molecule has 0 saturated carbocycles. The molecule has 2 heterocycles. The van der Waals surface area contributed by atoms with E-state index < -0.39 is 22.0 Å². The molecule has 2 amide bonds. The Morgan fingerprint density at radius 3 is 2.79 bits per heavy atom. The van der Waals surface area contributed by atoms with E-state index in [4.69, 9.17) is 11.6 Å². The van der Waals surface area contributed by atoms with Crippen molar-refractivity contribution in [2.24, 2.45) is 0 Å². The van der Waals surface area contributed by atoms with Crippen LogP contribution in [0, 0.1) is 0 Å². The average Bonchev–Trinajstić information content (AvgIpc) is 2.78. The van der Waals surface area contributed by atoms with Gasteiger partial charge in [0.2, 0.25) is 11.8 Å². The van der Waals surface area contributed by atoms with E-state index in [9.17, 15) is 18.0 Å². The Labute approximate surface area is 118 Å². The number of amides is 2. The highest BCUT2D eigenvalue weighted by molar-refractivity contribution is 7.91. The molecular weight excluding hydrogens is 314 g/mol. The first kappa shape index (κ1) is 14.4. The van der Waals surface area contributed by atoms with Crippen LogP contribution in [0.25, 0.3) is 0 Å². The number of carbonyl (C=O) groups is 2. The van der Waals surface area contributed by atoms with Gasteiger partial charge in [0.05, 0.1) is 6.20 Å². The Morgan fingerprint density at radius 1 is 1.53 bits per heavy atom. The first-order valence-corrected chi connectivity index (χ1v) is 7.93. The number of likely N-dealkylation sites (tertiary alicyclic amines) is 1. The minimum Gasteiger partial charge on any atom is -0.284 e. The fraction of sp³-hybridized carbons (Fsp3) is 0.444. The number of hydrogen-bond acceptors (Lipinski definition) is 6. The molecule has 1 fully saturated rings. The molecule has 1 aliphatic rings. The van der Waals surface area contributed by atoms with Gasteiger partial charge in [-0.05, 0) is 6.42 Å². The number of thiazole rings is 1. The van der Waals surface area contributed by atoms with Gasteiger partial charge < -0.3 is 0 Å². The molecule has 1 saturated heterocycles. The molecule has 0 radical (unpaired) electrons. The molecule has 1 N–H and O–H groups in total. The van der Waals surface area contributed by atoms with Crippen LogP contribution in [-0.2, 0) is 19.6 Å². The first-order valence-electron chi connectivity index (χ1n) is 5.25. The van der Waals surface area contributed by atoms with Crippen molar-refractivity contribution in [3.63, 3.8) is 0 Å². The van der Waals surface area contributed by atoms with Crippen molar-refractivity contribution in [1.29, 1.82) is 0 Å². The summed E-state index contributed by atoms with van der Waals surface area (Å²) in [5.74, 6) is -0.878. The van der Waals surface area contributed by atoms with Crippen LogP contribution in [0.1, 0.15) is 12.8 Å². The van der Waals surface area contributed by atoms with Gasteiger partial charge in [-0.3, -0.25) is 14.5 Å². The van der Waals surface area contributed by atoms with Gasteiger partial charge in [0.1, 0.15) is 6.04 Å². The van der Waals surface area contributed by atoms with Crippen LogP contribution in [0.15, 0.2) is 10.4 Å². The van der Waals surface area contributed by atoms with Gasteiger partial charge in [0, 0.05) is 13.5 Å². The maximum Gasteiger partial charge on any atom is 0.252 e. The summed E-state index contributed by atoms with van der Waals surface area (Å²) in [6.45, 7) is 0.